The third-order valence-corrected chi connectivity index (χ3v) is 10.6. The highest BCUT2D eigenvalue weighted by Crippen LogP contribution is 2.39. The summed E-state index contributed by atoms with van der Waals surface area (Å²) in [5.74, 6) is -1.78. The molecule has 0 aliphatic carbocycles. The number of nitrogens with zero attached hydrogens (tertiary/aromatic N) is 1. The first-order valence-corrected chi connectivity index (χ1v) is 18.4. The van der Waals surface area contributed by atoms with Crippen molar-refractivity contribution in [3.8, 4) is 0 Å². The lowest BCUT2D eigenvalue weighted by molar-refractivity contribution is -0.139. The molecule has 10 nitrogen and oxygen atoms in total. The number of benzene rings is 2. The van der Waals surface area contributed by atoms with Gasteiger partial charge in [0.05, 0.1) is 6.42 Å². The summed E-state index contributed by atoms with van der Waals surface area (Å²) in [5, 5.41) is 10.9. The number of carbonyl (C=O) groups is 3. The molecule has 0 saturated carbocycles. The van der Waals surface area contributed by atoms with Gasteiger partial charge in [-0.15, -0.1) is 0 Å². The number of ether oxygens (including phenoxy) is 2. The van der Waals surface area contributed by atoms with E-state index in [1.165, 1.54) is 0 Å². The third kappa shape index (κ3) is 8.62. The summed E-state index contributed by atoms with van der Waals surface area (Å²) in [4.78, 5) is 36.5. The van der Waals surface area contributed by atoms with Gasteiger partial charge in [0.25, 0.3) is 0 Å². The second kappa shape index (κ2) is 13.1. The van der Waals surface area contributed by atoms with Crippen LogP contribution < -0.4 is 5.32 Å². The van der Waals surface area contributed by atoms with Crippen LogP contribution in [0.1, 0.15) is 28.4 Å². The molecule has 2 atom stereocenters. The van der Waals surface area contributed by atoms with E-state index in [1.54, 1.807) is 42.5 Å². The molecule has 2 N–H and O–H groups in total. The molecule has 1 heterocycles. The van der Waals surface area contributed by atoms with Crippen molar-refractivity contribution < 1.29 is 37.4 Å². The van der Waals surface area contributed by atoms with Crippen molar-refractivity contribution in [1.29, 1.82) is 0 Å². The number of carboxylic acid groups (broad SMARTS) is 1. The van der Waals surface area contributed by atoms with Crippen LogP contribution in [0, 0.1) is 0 Å². The smallest absolute Gasteiger partial charge is 0.408 e. The van der Waals surface area contributed by atoms with Crippen LogP contribution in [-0.2, 0) is 42.1 Å². The van der Waals surface area contributed by atoms with Crippen molar-refractivity contribution in [2.45, 2.75) is 56.4 Å². The number of amides is 2. The fourth-order valence-corrected chi connectivity index (χ4v) is 7.28. The predicted molar refractivity (Wildman–Crippen MR) is 151 cm³/mol. The molecule has 1 unspecified atom stereocenters. The minimum Gasteiger partial charge on any atom is -0.480 e. The molecule has 212 valence electrons. The molecule has 0 spiro atoms. The summed E-state index contributed by atoms with van der Waals surface area (Å²) in [6.45, 7) is 6.60. The van der Waals surface area contributed by atoms with Crippen molar-refractivity contribution >= 4 is 52.0 Å². The number of sulfonamides is 1. The largest absolute Gasteiger partial charge is 0.480 e. The molecule has 1 aliphatic heterocycles. The fraction of sp³-hybridized carbons (Fsp3) is 0.423. The summed E-state index contributed by atoms with van der Waals surface area (Å²) in [6.07, 6.45) is -1.16. The van der Waals surface area contributed by atoms with E-state index in [2.05, 4.69) is 40.9 Å². The normalized spacial score (nSPS) is 17.6. The Hall–Kier alpha value is -2.74. The van der Waals surface area contributed by atoms with Crippen molar-refractivity contribution in [1.82, 2.24) is 9.62 Å². The first kappa shape index (κ1) is 30.8. The van der Waals surface area contributed by atoms with E-state index in [0.29, 0.717) is 22.2 Å². The second-order valence-electron chi connectivity index (χ2n) is 10.5. The number of hydrogen-bond acceptors (Lipinski definition) is 7. The van der Waals surface area contributed by atoms with Crippen LogP contribution in [0.5, 0.6) is 0 Å². The van der Waals surface area contributed by atoms with Gasteiger partial charge < -0.3 is 19.9 Å². The Morgan fingerprint density at radius 3 is 2.46 bits per heavy atom. The van der Waals surface area contributed by atoms with E-state index in [9.17, 15) is 27.9 Å². The molecule has 1 saturated heterocycles. The van der Waals surface area contributed by atoms with Gasteiger partial charge in [0.1, 0.15) is 24.6 Å². The Morgan fingerprint density at radius 1 is 1.15 bits per heavy atom. The lowest BCUT2D eigenvalue weighted by Gasteiger charge is -2.20. The average molecular weight is 642 g/mol. The maximum Gasteiger partial charge on any atom is 0.408 e. The van der Waals surface area contributed by atoms with Crippen LogP contribution in [0.25, 0.3) is 0 Å². The van der Waals surface area contributed by atoms with Gasteiger partial charge in [-0.3, -0.25) is 4.79 Å². The van der Waals surface area contributed by atoms with Gasteiger partial charge in [0, 0.05) is 25.6 Å². The number of nitrogens with one attached hydrogen (secondary N) is 1. The van der Waals surface area contributed by atoms with E-state index in [-0.39, 0.29) is 26.2 Å². The zero-order valence-electron chi connectivity index (χ0n) is 22.1. The van der Waals surface area contributed by atoms with E-state index in [4.69, 9.17) is 9.47 Å². The number of rotatable bonds is 12. The maximum absolute atomic E-state index is 13.2. The van der Waals surface area contributed by atoms with Crippen LogP contribution in [0.2, 0.25) is 25.7 Å². The zero-order chi connectivity index (χ0) is 28.8. The highest BCUT2D eigenvalue weighted by molar-refractivity contribution is 9.10. The van der Waals surface area contributed by atoms with Crippen molar-refractivity contribution in [2.24, 2.45) is 0 Å². The Morgan fingerprint density at radius 2 is 1.85 bits per heavy atom. The second-order valence-corrected chi connectivity index (χ2v) is 19.0. The van der Waals surface area contributed by atoms with Crippen LogP contribution in [-0.4, -0.2) is 63.3 Å². The Balaban J connectivity index is 1.64. The summed E-state index contributed by atoms with van der Waals surface area (Å²) in [7, 11) is -5.35. The van der Waals surface area contributed by atoms with Gasteiger partial charge in [-0.05, 0) is 28.8 Å². The SMILES string of the molecule is C[Si](C)(C)CCOCN1C(=O)CC(c2ccc(C[C@H](NC(=O)OCc3ccccc3)C(=O)O)cc2Br)S1(=O)=O. The quantitative estimate of drug-likeness (QED) is 0.259. The van der Waals surface area contributed by atoms with E-state index in [0.717, 1.165) is 15.9 Å². The highest BCUT2D eigenvalue weighted by atomic mass is 79.9. The molecule has 0 aromatic heterocycles. The third-order valence-electron chi connectivity index (χ3n) is 6.16. The molecule has 13 heteroatoms. The van der Waals surface area contributed by atoms with Crippen LogP contribution in [0.3, 0.4) is 0 Å². The Bertz CT molecular complexity index is 1300. The summed E-state index contributed by atoms with van der Waals surface area (Å²) >= 11 is 3.38. The zero-order valence-corrected chi connectivity index (χ0v) is 25.5. The molecule has 3 rings (SSSR count). The van der Waals surface area contributed by atoms with Gasteiger partial charge in [-0.25, -0.2) is 22.3 Å². The van der Waals surface area contributed by atoms with Gasteiger partial charge in [0.2, 0.25) is 15.9 Å². The summed E-state index contributed by atoms with van der Waals surface area (Å²) in [6, 6.07) is 13.3. The topological polar surface area (TPSA) is 139 Å². The van der Waals surface area contributed by atoms with Crippen LogP contribution in [0.15, 0.2) is 53.0 Å². The molecule has 1 fully saturated rings. The standard InChI is InChI=1S/C26H33BrN2O8SSi/c1-39(2,3)12-11-36-17-29-24(30)15-23(38(29,34)35)20-10-9-19(13-21(20)27)14-22(25(31)32)28-26(33)37-16-18-7-5-4-6-8-18/h4-10,13,22-23H,11-12,14-17H2,1-3H3,(H,28,33)(H,31,32)/t22-,23?/m0/s1. The van der Waals surface area contributed by atoms with Crippen molar-refractivity contribution in [3.63, 3.8) is 0 Å². The molecular formula is C26H33BrN2O8SSi. The lowest BCUT2D eigenvalue weighted by atomic mass is 10.0. The molecule has 0 bridgehead atoms. The van der Waals surface area contributed by atoms with Crippen LogP contribution >= 0.6 is 15.9 Å². The minimum atomic E-state index is -3.99. The molecule has 39 heavy (non-hydrogen) atoms. The first-order chi connectivity index (χ1) is 18.3. The molecule has 2 aromatic carbocycles. The number of hydrogen-bond donors (Lipinski definition) is 2. The number of carbonyl (C=O) groups excluding carboxylic acids is 2. The van der Waals surface area contributed by atoms with Crippen LogP contribution in [0.4, 0.5) is 4.79 Å². The minimum absolute atomic E-state index is 0.00574. The first-order valence-electron chi connectivity index (χ1n) is 12.4. The summed E-state index contributed by atoms with van der Waals surface area (Å²) in [5.41, 5.74) is 1.68. The molecule has 0 radical (unpaired) electrons. The molecule has 2 amide bonds. The van der Waals surface area contributed by atoms with E-state index < -0.39 is 47.4 Å². The molecule has 1 aliphatic rings. The number of alkyl carbamates (subject to hydrolysis) is 1. The van der Waals surface area contributed by atoms with E-state index in [1.807, 2.05) is 6.07 Å². The fourth-order valence-electron chi connectivity index (χ4n) is 3.90. The molecule has 2 aromatic rings. The summed E-state index contributed by atoms with van der Waals surface area (Å²) < 4.78 is 38.2. The van der Waals surface area contributed by atoms with E-state index >= 15 is 0 Å². The number of aliphatic carboxylic acids is 1. The monoisotopic (exact) mass is 640 g/mol. The van der Waals surface area contributed by atoms with Crippen molar-refractivity contribution in [2.75, 3.05) is 13.3 Å². The maximum atomic E-state index is 13.2. The highest BCUT2D eigenvalue weighted by Gasteiger charge is 2.46. The molecular weight excluding hydrogens is 608 g/mol. The predicted octanol–water partition coefficient (Wildman–Crippen LogP) is 4.29. The van der Waals surface area contributed by atoms with Gasteiger partial charge in [0.15, 0.2) is 0 Å². The number of carboxylic acids is 1. The number of halogens is 1. The Labute approximate surface area is 237 Å². The average Bonchev–Trinajstić information content (AvgIpc) is 3.08. The van der Waals surface area contributed by atoms with Gasteiger partial charge in [-0.1, -0.05) is 78.0 Å². The van der Waals surface area contributed by atoms with Gasteiger partial charge >= 0.3 is 12.1 Å². The lowest BCUT2D eigenvalue weighted by Crippen LogP contribution is -2.42. The Kier molecular flexibility index (Phi) is 10.3. The van der Waals surface area contributed by atoms with Crippen molar-refractivity contribution in [3.05, 3.63) is 69.7 Å². The van der Waals surface area contributed by atoms with Gasteiger partial charge in [-0.2, -0.15) is 0 Å².